The highest BCUT2D eigenvalue weighted by Crippen LogP contribution is 2.38. The van der Waals surface area contributed by atoms with Crippen LogP contribution in [0.3, 0.4) is 0 Å². The first-order chi connectivity index (χ1) is 9.17. The van der Waals surface area contributed by atoms with Crippen LogP contribution in [0, 0.1) is 17.2 Å². The van der Waals surface area contributed by atoms with Gasteiger partial charge in [-0.3, -0.25) is 0 Å². The molecule has 0 unspecified atom stereocenters. The van der Waals surface area contributed by atoms with Crippen molar-refractivity contribution in [1.29, 1.82) is 5.26 Å². The molecule has 0 spiro atoms. The summed E-state index contributed by atoms with van der Waals surface area (Å²) in [5, 5.41) is 18.9. The lowest BCUT2D eigenvalue weighted by Gasteiger charge is -2.50. The van der Waals surface area contributed by atoms with Gasteiger partial charge in [0.2, 0.25) is 0 Å². The number of rotatable bonds is 2. The van der Waals surface area contributed by atoms with Crippen molar-refractivity contribution < 1.29 is 18.3 Å². The summed E-state index contributed by atoms with van der Waals surface area (Å²) in [6.45, 7) is 4.34. The second kappa shape index (κ2) is 4.67. The summed E-state index contributed by atoms with van der Waals surface area (Å²) in [6.07, 6.45) is -4.56. The molecule has 1 fully saturated rings. The third-order valence-corrected chi connectivity index (χ3v) is 3.80. The Balaban J connectivity index is 2.27. The summed E-state index contributed by atoms with van der Waals surface area (Å²) in [5.41, 5.74) is -1.80. The van der Waals surface area contributed by atoms with Crippen molar-refractivity contribution in [3.8, 4) is 6.07 Å². The molecule has 108 valence electrons. The molecule has 1 saturated heterocycles. The molecule has 0 saturated carbocycles. The van der Waals surface area contributed by atoms with Crippen LogP contribution in [-0.2, 0) is 6.18 Å². The number of benzene rings is 1. The van der Waals surface area contributed by atoms with Gasteiger partial charge >= 0.3 is 6.18 Å². The molecule has 2 rings (SSSR count). The van der Waals surface area contributed by atoms with Crippen molar-refractivity contribution in [2.45, 2.75) is 25.6 Å². The first-order valence-electron chi connectivity index (χ1n) is 6.26. The van der Waals surface area contributed by atoms with Crippen LogP contribution in [0.1, 0.15) is 25.0 Å². The first kappa shape index (κ1) is 14.7. The summed E-state index contributed by atoms with van der Waals surface area (Å²) >= 11 is 0. The number of β-amino-alcohol motifs (C(OH)–C–C–N with tert-alkyl or cyclic N) is 1. The van der Waals surface area contributed by atoms with Crippen LogP contribution < -0.4 is 4.90 Å². The maximum Gasteiger partial charge on any atom is 0.417 e. The Morgan fingerprint density at radius 1 is 1.35 bits per heavy atom. The zero-order valence-electron chi connectivity index (χ0n) is 11.2. The number of hydrogen-bond donors (Lipinski definition) is 1. The minimum atomic E-state index is -4.56. The average molecular weight is 284 g/mol. The Bertz CT molecular complexity index is 555. The maximum absolute atomic E-state index is 12.9. The van der Waals surface area contributed by atoms with Crippen LogP contribution in [0.2, 0.25) is 0 Å². The number of hydrogen-bond acceptors (Lipinski definition) is 3. The fraction of sp³-hybridized carbons (Fsp3) is 0.500. The van der Waals surface area contributed by atoms with Gasteiger partial charge in [-0.05, 0) is 24.1 Å². The Kier molecular flexibility index (Phi) is 3.42. The summed E-state index contributed by atoms with van der Waals surface area (Å²) < 4.78 is 38.6. The lowest BCUT2D eigenvalue weighted by atomic mass is 9.82. The van der Waals surface area contributed by atoms with Crippen LogP contribution in [0.4, 0.5) is 18.9 Å². The molecular weight excluding hydrogens is 269 g/mol. The van der Waals surface area contributed by atoms with E-state index in [9.17, 15) is 18.3 Å². The third kappa shape index (κ3) is 2.46. The molecule has 0 bridgehead atoms. The van der Waals surface area contributed by atoms with Crippen molar-refractivity contribution in [3.05, 3.63) is 29.3 Å². The van der Waals surface area contributed by atoms with Gasteiger partial charge in [-0.25, -0.2) is 0 Å². The lowest BCUT2D eigenvalue weighted by molar-refractivity contribution is -0.137. The Morgan fingerprint density at radius 2 is 1.95 bits per heavy atom. The largest absolute Gasteiger partial charge is 0.417 e. The molecule has 0 atom stereocenters. The topological polar surface area (TPSA) is 47.3 Å². The highest BCUT2D eigenvalue weighted by molar-refractivity contribution is 5.57. The highest BCUT2D eigenvalue weighted by Gasteiger charge is 2.44. The molecular formula is C14H15F3N2O. The van der Waals surface area contributed by atoms with Gasteiger partial charge in [-0.15, -0.1) is 0 Å². The Morgan fingerprint density at radius 3 is 2.40 bits per heavy atom. The number of aliphatic hydroxyl groups is 1. The van der Waals surface area contributed by atoms with E-state index in [0.29, 0.717) is 18.8 Å². The van der Waals surface area contributed by atoms with Crippen LogP contribution in [0.5, 0.6) is 0 Å². The van der Waals surface area contributed by atoms with E-state index in [2.05, 4.69) is 0 Å². The molecule has 0 amide bonds. The van der Waals surface area contributed by atoms with Crippen molar-refractivity contribution in [2.75, 3.05) is 18.0 Å². The first-order valence-corrected chi connectivity index (χ1v) is 6.26. The molecule has 0 radical (unpaired) electrons. The minimum absolute atomic E-state index is 0.0409. The summed E-state index contributed by atoms with van der Waals surface area (Å²) in [4.78, 5) is 1.68. The van der Waals surface area contributed by atoms with Gasteiger partial charge < -0.3 is 10.0 Å². The molecule has 1 aromatic rings. The van der Waals surface area contributed by atoms with Crippen LogP contribution >= 0.6 is 0 Å². The van der Waals surface area contributed by atoms with Crippen LogP contribution in [0.15, 0.2) is 18.2 Å². The summed E-state index contributed by atoms with van der Waals surface area (Å²) in [6, 6.07) is 5.17. The van der Waals surface area contributed by atoms with E-state index < -0.39 is 17.3 Å². The van der Waals surface area contributed by atoms with Gasteiger partial charge in [-0.1, -0.05) is 13.8 Å². The number of nitrogens with zero attached hydrogens (tertiary/aromatic N) is 2. The standard InChI is InChI=1S/C14H15F3N2O/c1-9(2)13(20)7-19(8-13)11-4-3-10(6-18)12(5-11)14(15,16)17/h3-5,9,20H,7-8H2,1-2H3. The number of alkyl halides is 3. The quantitative estimate of drug-likeness (QED) is 0.908. The molecule has 1 heterocycles. The second-order valence-corrected chi connectivity index (χ2v) is 5.45. The van der Waals surface area contributed by atoms with E-state index in [-0.39, 0.29) is 11.5 Å². The molecule has 0 aromatic heterocycles. The predicted octanol–water partition coefficient (Wildman–Crippen LogP) is 2.78. The van der Waals surface area contributed by atoms with Gasteiger partial charge in [-0.2, -0.15) is 18.4 Å². The molecule has 1 aromatic carbocycles. The van der Waals surface area contributed by atoms with E-state index in [1.165, 1.54) is 12.1 Å². The van der Waals surface area contributed by atoms with E-state index >= 15 is 0 Å². The van der Waals surface area contributed by atoms with Gasteiger partial charge in [0.25, 0.3) is 0 Å². The van der Waals surface area contributed by atoms with E-state index in [4.69, 9.17) is 5.26 Å². The lowest BCUT2D eigenvalue weighted by Crippen LogP contribution is -2.64. The smallest absolute Gasteiger partial charge is 0.386 e. The number of halogens is 3. The highest BCUT2D eigenvalue weighted by atomic mass is 19.4. The second-order valence-electron chi connectivity index (χ2n) is 5.45. The molecule has 1 aliphatic heterocycles. The predicted molar refractivity (Wildman–Crippen MR) is 68.2 cm³/mol. The molecule has 1 N–H and O–H groups in total. The van der Waals surface area contributed by atoms with Crippen LogP contribution in [0.25, 0.3) is 0 Å². The summed E-state index contributed by atoms with van der Waals surface area (Å²) in [7, 11) is 0. The number of nitriles is 1. The van der Waals surface area contributed by atoms with Gasteiger partial charge in [0.15, 0.2) is 0 Å². The summed E-state index contributed by atoms with van der Waals surface area (Å²) in [5.74, 6) is 0.0409. The third-order valence-electron chi connectivity index (χ3n) is 3.80. The SMILES string of the molecule is CC(C)C1(O)CN(c2ccc(C#N)c(C(F)(F)F)c2)C1. The Labute approximate surface area is 115 Å². The zero-order chi connectivity index (χ0) is 15.1. The molecule has 1 aliphatic rings. The van der Waals surface area contributed by atoms with Gasteiger partial charge in [0.1, 0.15) is 5.60 Å². The fourth-order valence-electron chi connectivity index (χ4n) is 2.22. The fourth-order valence-corrected chi connectivity index (χ4v) is 2.22. The molecule has 3 nitrogen and oxygen atoms in total. The Hall–Kier alpha value is -1.74. The minimum Gasteiger partial charge on any atom is -0.386 e. The van der Waals surface area contributed by atoms with Gasteiger partial charge in [0, 0.05) is 18.8 Å². The van der Waals surface area contributed by atoms with E-state index in [1.807, 2.05) is 13.8 Å². The van der Waals surface area contributed by atoms with Crippen molar-refractivity contribution in [1.82, 2.24) is 0 Å². The normalized spacial score (nSPS) is 17.8. The van der Waals surface area contributed by atoms with E-state index in [1.54, 1.807) is 11.0 Å². The van der Waals surface area contributed by atoms with E-state index in [0.717, 1.165) is 6.07 Å². The molecule has 6 heteroatoms. The molecule has 20 heavy (non-hydrogen) atoms. The van der Waals surface area contributed by atoms with Crippen LogP contribution in [-0.4, -0.2) is 23.8 Å². The zero-order valence-corrected chi connectivity index (χ0v) is 11.2. The van der Waals surface area contributed by atoms with Gasteiger partial charge in [0.05, 0.1) is 17.2 Å². The maximum atomic E-state index is 12.9. The molecule has 0 aliphatic carbocycles. The van der Waals surface area contributed by atoms with Crippen molar-refractivity contribution in [2.24, 2.45) is 5.92 Å². The van der Waals surface area contributed by atoms with Crippen molar-refractivity contribution >= 4 is 5.69 Å². The monoisotopic (exact) mass is 284 g/mol. The van der Waals surface area contributed by atoms with Crippen molar-refractivity contribution in [3.63, 3.8) is 0 Å². The average Bonchev–Trinajstić information content (AvgIpc) is 2.32. The number of anilines is 1.